The molecule has 13 heavy (non-hydrogen) atoms. The summed E-state index contributed by atoms with van der Waals surface area (Å²) >= 11 is 3.40. The lowest BCUT2D eigenvalue weighted by atomic mass is 10.1. The maximum atomic E-state index is 6.02. The minimum absolute atomic E-state index is 0.330. The molecule has 0 aromatic carbocycles. The molecule has 0 spiro atoms. The van der Waals surface area contributed by atoms with E-state index in [-0.39, 0.29) is 0 Å². The number of rotatable bonds is 3. The number of halogens is 1. The van der Waals surface area contributed by atoms with Gasteiger partial charge >= 0.3 is 0 Å². The van der Waals surface area contributed by atoms with Crippen molar-refractivity contribution in [2.75, 3.05) is 0 Å². The number of aromatic nitrogens is 1. The van der Waals surface area contributed by atoms with Crippen LogP contribution in [0.1, 0.15) is 18.4 Å². The lowest BCUT2D eigenvalue weighted by molar-refractivity contribution is 0.590. The van der Waals surface area contributed by atoms with E-state index in [0.29, 0.717) is 6.04 Å². The van der Waals surface area contributed by atoms with Gasteiger partial charge in [-0.05, 0) is 52.7 Å². The summed E-state index contributed by atoms with van der Waals surface area (Å²) in [6, 6.07) is 2.42. The van der Waals surface area contributed by atoms with Gasteiger partial charge in [-0.3, -0.25) is 4.98 Å². The molecule has 1 aliphatic carbocycles. The van der Waals surface area contributed by atoms with Crippen molar-refractivity contribution in [2.45, 2.75) is 25.3 Å². The fourth-order valence-electron chi connectivity index (χ4n) is 1.53. The lowest BCUT2D eigenvalue weighted by Gasteiger charge is -2.09. The summed E-state index contributed by atoms with van der Waals surface area (Å²) in [5.41, 5.74) is 7.25. The first-order valence-corrected chi connectivity index (χ1v) is 5.40. The van der Waals surface area contributed by atoms with Crippen molar-refractivity contribution in [2.24, 2.45) is 11.7 Å². The van der Waals surface area contributed by atoms with Crippen LogP contribution in [-0.4, -0.2) is 11.0 Å². The quantitative estimate of drug-likeness (QED) is 0.880. The fraction of sp³-hybridized carbons (Fsp3) is 0.500. The Bertz CT molecular complexity index is 297. The number of nitrogens with zero attached hydrogens (tertiary/aromatic N) is 1. The van der Waals surface area contributed by atoms with E-state index in [1.807, 2.05) is 6.20 Å². The van der Waals surface area contributed by atoms with E-state index in [4.69, 9.17) is 5.73 Å². The second kappa shape index (κ2) is 3.76. The minimum atomic E-state index is 0.330. The van der Waals surface area contributed by atoms with E-state index < -0.39 is 0 Å². The zero-order chi connectivity index (χ0) is 9.26. The van der Waals surface area contributed by atoms with E-state index in [1.54, 1.807) is 6.20 Å². The summed E-state index contributed by atoms with van der Waals surface area (Å²) in [5.74, 6) is 0.763. The number of hydrogen-bond donors (Lipinski definition) is 1. The third kappa shape index (κ3) is 2.51. The highest BCUT2D eigenvalue weighted by Crippen LogP contribution is 2.32. The van der Waals surface area contributed by atoms with Crippen molar-refractivity contribution in [3.63, 3.8) is 0 Å². The predicted octanol–water partition coefficient (Wildman–Crippen LogP) is 2.12. The average Bonchev–Trinajstić information content (AvgIpc) is 2.85. The van der Waals surface area contributed by atoms with Gasteiger partial charge in [0, 0.05) is 22.9 Å². The Morgan fingerprint density at radius 3 is 2.92 bits per heavy atom. The maximum Gasteiger partial charge on any atom is 0.0410 e. The highest BCUT2D eigenvalue weighted by molar-refractivity contribution is 9.10. The van der Waals surface area contributed by atoms with Crippen LogP contribution in [-0.2, 0) is 6.42 Å². The number of nitrogens with two attached hydrogens (primary N) is 1. The van der Waals surface area contributed by atoms with E-state index in [9.17, 15) is 0 Å². The van der Waals surface area contributed by atoms with Crippen molar-refractivity contribution in [1.82, 2.24) is 4.98 Å². The van der Waals surface area contributed by atoms with E-state index in [1.165, 1.54) is 18.4 Å². The van der Waals surface area contributed by atoms with Crippen LogP contribution in [0.3, 0.4) is 0 Å². The van der Waals surface area contributed by atoms with Crippen molar-refractivity contribution in [1.29, 1.82) is 0 Å². The monoisotopic (exact) mass is 240 g/mol. The smallest absolute Gasteiger partial charge is 0.0410 e. The van der Waals surface area contributed by atoms with Gasteiger partial charge in [-0.2, -0.15) is 0 Å². The topological polar surface area (TPSA) is 38.9 Å². The Morgan fingerprint density at radius 2 is 2.31 bits per heavy atom. The van der Waals surface area contributed by atoms with Gasteiger partial charge in [0.2, 0.25) is 0 Å². The van der Waals surface area contributed by atoms with Gasteiger partial charge in [0.1, 0.15) is 0 Å². The third-order valence-electron chi connectivity index (χ3n) is 2.46. The summed E-state index contributed by atoms with van der Waals surface area (Å²) in [7, 11) is 0. The molecule has 1 aliphatic rings. The van der Waals surface area contributed by atoms with Gasteiger partial charge in [0.25, 0.3) is 0 Å². The molecule has 1 aromatic rings. The molecule has 2 N–H and O–H groups in total. The summed E-state index contributed by atoms with van der Waals surface area (Å²) in [5, 5.41) is 0. The van der Waals surface area contributed by atoms with E-state index in [0.717, 1.165) is 16.8 Å². The molecule has 0 amide bonds. The first-order chi connectivity index (χ1) is 6.25. The van der Waals surface area contributed by atoms with Gasteiger partial charge in [-0.1, -0.05) is 0 Å². The second-order valence-corrected chi connectivity index (χ2v) is 4.63. The molecule has 70 valence electrons. The third-order valence-corrected chi connectivity index (χ3v) is 2.89. The molecule has 2 nitrogen and oxygen atoms in total. The summed E-state index contributed by atoms with van der Waals surface area (Å²) < 4.78 is 1.04. The minimum Gasteiger partial charge on any atom is -0.327 e. The van der Waals surface area contributed by atoms with Crippen molar-refractivity contribution in [3.05, 3.63) is 28.5 Å². The Balaban J connectivity index is 2.00. The first-order valence-electron chi connectivity index (χ1n) is 4.61. The highest BCUT2D eigenvalue weighted by atomic mass is 79.9. The van der Waals surface area contributed by atoms with Crippen LogP contribution < -0.4 is 5.73 Å². The lowest BCUT2D eigenvalue weighted by Crippen LogP contribution is -2.25. The molecule has 1 heterocycles. The Morgan fingerprint density at radius 1 is 1.54 bits per heavy atom. The summed E-state index contributed by atoms with van der Waals surface area (Å²) in [6.45, 7) is 0. The molecule has 3 heteroatoms. The Labute approximate surface area is 86.7 Å². The highest BCUT2D eigenvalue weighted by Gasteiger charge is 2.28. The Hall–Kier alpha value is -0.410. The Kier molecular flexibility index (Phi) is 2.65. The van der Waals surface area contributed by atoms with Crippen LogP contribution in [0.4, 0.5) is 0 Å². The molecule has 1 aromatic heterocycles. The zero-order valence-corrected chi connectivity index (χ0v) is 9.00. The fourth-order valence-corrected chi connectivity index (χ4v) is 1.94. The van der Waals surface area contributed by atoms with Crippen LogP contribution in [0.2, 0.25) is 0 Å². The first kappa shape index (κ1) is 9.16. The molecule has 1 fully saturated rings. The molecular weight excluding hydrogens is 228 g/mol. The molecule has 1 unspecified atom stereocenters. The largest absolute Gasteiger partial charge is 0.327 e. The number of pyridine rings is 1. The van der Waals surface area contributed by atoms with Crippen molar-refractivity contribution in [3.8, 4) is 0 Å². The molecule has 1 atom stereocenters. The van der Waals surface area contributed by atoms with Gasteiger partial charge in [0.15, 0.2) is 0 Å². The van der Waals surface area contributed by atoms with E-state index in [2.05, 4.69) is 27.0 Å². The molecule has 1 saturated carbocycles. The number of hydrogen-bond acceptors (Lipinski definition) is 2. The van der Waals surface area contributed by atoms with Crippen LogP contribution in [0.5, 0.6) is 0 Å². The zero-order valence-electron chi connectivity index (χ0n) is 7.41. The SMILES string of the molecule is NC(Cc1cncc(Br)c1)C1CC1. The van der Waals surface area contributed by atoms with Gasteiger partial charge < -0.3 is 5.73 Å². The standard InChI is InChI=1S/C10H13BrN2/c11-9-3-7(5-13-6-9)4-10(12)8-1-2-8/h3,5-6,8,10H,1-2,4,12H2. The van der Waals surface area contributed by atoms with Gasteiger partial charge in [-0.25, -0.2) is 0 Å². The molecule has 0 saturated heterocycles. The molecule has 0 aliphatic heterocycles. The predicted molar refractivity (Wildman–Crippen MR) is 56.3 cm³/mol. The van der Waals surface area contributed by atoms with Gasteiger partial charge in [0.05, 0.1) is 0 Å². The molecule has 0 bridgehead atoms. The molecular formula is C10H13BrN2. The average molecular weight is 241 g/mol. The normalized spacial score (nSPS) is 18.6. The van der Waals surface area contributed by atoms with Crippen molar-refractivity contribution >= 4 is 15.9 Å². The molecule has 0 radical (unpaired) electrons. The summed E-state index contributed by atoms with van der Waals surface area (Å²) in [4.78, 5) is 4.11. The molecule has 2 rings (SSSR count). The van der Waals surface area contributed by atoms with Gasteiger partial charge in [-0.15, -0.1) is 0 Å². The van der Waals surface area contributed by atoms with Crippen molar-refractivity contribution < 1.29 is 0 Å². The maximum absolute atomic E-state index is 6.02. The van der Waals surface area contributed by atoms with Crippen LogP contribution in [0.25, 0.3) is 0 Å². The van der Waals surface area contributed by atoms with Crippen LogP contribution in [0.15, 0.2) is 22.9 Å². The summed E-state index contributed by atoms with van der Waals surface area (Å²) in [6.07, 6.45) is 7.27. The van der Waals surface area contributed by atoms with Crippen LogP contribution in [0, 0.1) is 5.92 Å². The second-order valence-electron chi connectivity index (χ2n) is 3.72. The van der Waals surface area contributed by atoms with E-state index >= 15 is 0 Å². The van der Waals surface area contributed by atoms with Crippen LogP contribution >= 0.6 is 15.9 Å².